The summed E-state index contributed by atoms with van der Waals surface area (Å²) in [4.78, 5) is 17.1. The number of carbonyl (C=O) groups is 1. The summed E-state index contributed by atoms with van der Waals surface area (Å²) in [5.74, 6) is 0.347. The molecule has 1 aromatic rings. The molecule has 0 aromatic carbocycles. The van der Waals surface area contributed by atoms with Gasteiger partial charge in [0.2, 0.25) is 0 Å². The highest BCUT2D eigenvalue weighted by molar-refractivity contribution is 5.75. The Kier molecular flexibility index (Phi) is 5.64. The fourth-order valence-electron chi connectivity index (χ4n) is 3.48. The van der Waals surface area contributed by atoms with Gasteiger partial charge >= 0.3 is 6.03 Å². The van der Waals surface area contributed by atoms with Crippen LogP contribution in [-0.2, 0) is 18.3 Å². The molecule has 3 rings (SSSR count). The molecule has 0 unspecified atom stereocenters. The molecule has 0 radical (unpaired) electrons. The van der Waals surface area contributed by atoms with E-state index in [1.807, 2.05) is 23.6 Å². The van der Waals surface area contributed by atoms with E-state index in [0.717, 1.165) is 50.5 Å². The Hall–Kier alpha value is -1.60. The van der Waals surface area contributed by atoms with E-state index in [1.54, 1.807) is 0 Å². The van der Waals surface area contributed by atoms with E-state index in [9.17, 15) is 4.79 Å². The van der Waals surface area contributed by atoms with Crippen LogP contribution in [0.5, 0.6) is 0 Å². The quantitative estimate of drug-likeness (QED) is 0.870. The molecule has 2 fully saturated rings. The van der Waals surface area contributed by atoms with Crippen molar-refractivity contribution < 1.29 is 9.53 Å². The first-order valence-electron chi connectivity index (χ1n) is 9.25. The van der Waals surface area contributed by atoms with Crippen molar-refractivity contribution in [2.45, 2.75) is 39.3 Å². The number of amides is 2. The Bertz CT molecular complexity index is 611. The number of nitrogens with one attached hydrogen (secondary N) is 1. The lowest BCUT2D eigenvalue weighted by atomic mass is 10.1. The molecular formula is C18H31N5O2. The third-order valence-electron chi connectivity index (χ3n) is 5.32. The predicted octanol–water partition coefficient (Wildman–Crippen LogP) is 1.29. The molecule has 140 valence electrons. The van der Waals surface area contributed by atoms with Gasteiger partial charge in [0, 0.05) is 49.9 Å². The van der Waals surface area contributed by atoms with E-state index in [-0.39, 0.29) is 6.03 Å². The molecule has 2 aliphatic rings. The Morgan fingerprint density at radius 2 is 2.12 bits per heavy atom. The molecule has 0 bridgehead atoms. The normalized spacial score (nSPS) is 21.8. The third kappa shape index (κ3) is 4.52. The molecular weight excluding hydrogens is 318 g/mol. The van der Waals surface area contributed by atoms with Crippen molar-refractivity contribution in [3.8, 4) is 0 Å². The lowest BCUT2D eigenvalue weighted by Gasteiger charge is -2.25. The van der Waals surface area contributed by atoms with Crippen molar-refractivity contribution in [2.24, 2.45) is 13.0 Å². The molecule has 1 aliphatic heterocycles. The van der Waals surface area contributed by atoms with Gasteiger partial charge in [-0.1, -0.05) is 0 Å². The van der Waals surface area contributed by atoms with Gasteiger partial charge in [0.25, 0.3) is 0 Å². The van der Waals surface area contributed by atoms with Crippen LogP contribution in [0, 0.1) is 19.8 Å². The Balaban J connectivity index is 1.59. The molecule has 2 heterocycles. The van der Waals surface area contributed by atoms with Crippen molar-refractivity contribution in [3.63, 3.8) is 0 Å². The van der Waals surface area contributed by atoms with Gasteiger partial charge in [0.1, 0.15) is 0 Å². The highest BCUT2D eigenvalue weighted by atomic mass is 16.5. The van der Waals surface area contributed by atoms with Gasteiger partial charge in [0.05, 0.1) is 25.5 Å². The minimum atomic E-state index is 0.0389. The number of ether oxygens (including phenoxy) is 1. The zero-order valence-corrected chi connectivity index (χ0v) is 15.9. The molecule has 2 amide bonds. The number of likely N-dealkylation sites (N-methyl/N-ethyl adjacent to an activating group) is 1. The van der Waals surface area contributed by atoms with Gasteiger partial charge in [-0.2, -0.15) is 5.10 Å². The standard InChI is InChI=1S/C18H31N5O2/c1-13-17(14(2)22(4)20-13)11-23(16-5-6-16)18(24)19-9-15-10-21(3)7-8-25-12-15/h15-16H,5-12H2,1-4H3,(H,19,24)/t15-/m0/s1. The van der Waals surface area contributed by atoms with Crippen LogP contribution < -0.4 is 5.32 Å². The fourth-order valence-corrected chi connectivity index (χ4v) is 3.48. The summed E-state index contributed by atoms with van der Waals surface area (Å²) in [6.07, 6.45) is 2.20. The van der Waals surface area contributed by atoms with Crippen molar-refractivity contribution in [3.05, 3.63) is 17.0 Å². The summed E-state index contributed by atoms with van der Waals surface area (Å²) in [7, 11) is 4.06. The van der Waals surface area contributed by atoms with E-state index >= 15 is 0 Å². The van der Waals surface area contributed by atoms with Crippen LogP contribution >= 0.6 is 0 Å². The number of hydrogen-bond acceptors (Lipinski definition) is 4. The summed E-state index contributed by atoms with van der Waals surface area (Å²) >= 11 is 0. The van der Waals surface area contributed by atoms with Gasteiger partial charge in [-0.3, -0.25) is 4.68 Å². The van der Waals surface area contributed by atoms with Crippen molar-refractivity contribution in [1.29, 1.82) is 0 Å². The number of aromatic nitrogens is 2. The summed E-state index contributed by atoms with van der Waals surface area (Å²) in [5.41, 5.74) is 3.31. The first-order valence-corrected chi connectivity index (χ1v) is 9.25. The minimum absolute atomic E-state index is 0.0389. The van der Waals surface area contributed by atoms with Crippen LogP contribution in [0.25, 0.3) is 0 Å². The molecule has 1 aromatic heterocycles. The second kappa shape index (κ2) is 7.74. The topological polar surface area (TPSA) is 62.6 Å². The molecule has 1 N–H and O–H groups in total. The van der Waals surface area contributed by atoms with Crippen LogP contribution in [0.3, 0.4) is 0 Å². The van der Waals surface area contributed by atoms with Crippen LogP contribution in [-0.4, -0.2) is 71.5 Å². The number of aryl methyl sites for hydroxylation is 2. The third-order valence-corrected chi connectivity index (χ3v) is 5.32. The zero-order chi connectivity index (χ0) is 18.0. The number of carbonyl (C=O) groups excluding carboxylic acids is 1. The minimum Gasteiger partial charge on any atom is -0.380 e. The van der Waals surface area contributed by atoms with E-state index in [2.05, 4.69) is 29.3 Å². The monoisotopic (exact) mass is 349 g/mol. The summed E-state index contributed by atoms with van der Waals surface area (Å²) in [6.45, 7) is 8.80. The van der Waals surface area contributed by atoms with E-state index < -0.39 is 0 Å². The summed E-state index contributed by atoms with van der Waals surface area (Å²) in [5, 5.41) is 7.62. The maximum Gasteiger partial charge on any atom is 0.317 e. The Morgan fingerprint density at radius 3 is 2.76 bits per heavy atom. The molecule has 7 nitrogen and oxygen atoms in total. The maximum atomic E-state index is 12.8. The molecule has 0 spiro atoms. The predicted molar refractivity (Wildman–Crippen MR) is 96.5 cm³/mol. The van der Waals surface area contributed by atoms with E-state index in [1.165, 1.54) is 5.56 Å². The lowest BCUT2D eigenvalue weighted by molar-refractivity contribution is 0.121. The van der Waals surface area contributed by atoms with E-state index in [0.29, 0.717) is 25.0 Å². The van der Waals surface area contributed by atoms with Gasteiger partial charge in [-0.15, -0.1) is 0 Å². The highest BCUT2D eigenvalue weighted by Gasteiger charge is 2.34. The maximum absolute atomic E-state index is 12.8. The number of nitrogens with zero attached hydrogens (tertiary/aromatic N) is 4. The van der Waals surface area contributed by atoms with Crippen molar-refractivity contribution in [1.82, 2.24) is 24.9 Å². The smallest absolute Gasteiger partial charge is 0.317 e. The molecule has 1 aliphatic carbocycles. The van der Waals surface area contributed by atoms with Gasteiger partial charge < -0.3 is 19.9 Å². The second-order valence-electron chi connectivity index (χ2n) is 7.52. The van der Waals surface area contributed by atoms with E-state index in [4.69, 9.17) is 4.74 Å². The van der Waals surface area contributed by atoms with Gasteiger partial charge in [0.15, 0.2) is 0 Å². The number of hydrogen-bond donors (Lipinski definition) is 1. The average Bonchev–Trinajstić information content (AvgIpc) is 3.38. The number of rotatable bonds is 5. The summed E-state index contributed by atoms with van der Waals surface area (Å²) < 4.78 is 7.54. The molecule has 1 saturated heterocycles. The molecule has 1 saturated carbocycles. The Labute approximate surface area is 150 Å². The Morgan fingerprint density at radius 1 is 1.36 bits per heavy atom. The average molecular weight is 349 g/mol. The second-order valence-corrected chi connectivity index (χ2v) is 7.52. The zero-order valence-electron chi connectivity index (χ0n) is 15.9. The largest absolute Gasteiger partial charge is 0.380 e. The van der Waals surface area contributed by atoms with Crippen LogP contribution in [0.4, 0.5) is 4.79 Å². The fraction of sp³-hybridized carbons (Fsp3) is 0.778. The molecule has 7 heteroatoms. The van der Waals surface area contributed by atoms with Crippen molar-refractivity contribution >= 4 is 6.03 Å². The van der Waals surface area contributed by atoms with Crippen LogP contribution in [0.1, 0.15) is 29.8 Å². The number of urea groups is 1. The van der Waals surface area contributed by atoms with Gasteiger partial charge in [-0.25, -0.2) is 4.79 Å². The lowest BCUT2D eigenvalue weighted by Crippen LogP contribution is -2.44. The first-order chi connectivity index (χ1) is 12.0. The van der Waals surface area contributed by atoms with Crippen LogP contribution in [0.2, 0.25) is 0 Å². The SMILES string of the molecule is Cc1nn(C)c(C)c1CN(C(=O)NC[C@@H]1COCCN(C)C1)C1CC1. The first kappa shape index (κ1) is 18.2. The van der Waals surface area contributed by atoms with Crippen molar-refractivity contribution in [2.75, 3.05) is 39.9 Å². The van der Waals surface area contributed by atoms with Gasteiger partial charge in [-0.05, 0) is 33.7 Å². The highest BCUT2D eigenvalue weighted by Crippen LogP contribution is 2.29. The molecule has 25 heavy (non-hydrogen) atoms. The summed E-state index contributed by atoms with van der Waals surface area (Å²) in [6, 6.07) is 0.407. The van der Waals surface area contributed by atoms with Crippen LogP contribution in [0.15, 0.2) is 0 Å². The molecule has 1 atom stereocenters.